The third-order valence-electron chi connectivity index (χ3n) is 4.02. The van der Waals surface area contributed by atoms with Crippen LogP contribution in [0.25, 0.3) is 5.69 Å². The molecule has 0 radical (unpaired) electrons. The molecule has 1 aromatic heterocycles. The molecule has 19 heavy (non-hydrogen) atoms. The Bertz CT molecular complexity index is 551. The summed E-state index contributed by atoms with van der Waals surface area (Å²) in [4.78, 5) is 2.53. The molecule has 0 aliphatic carbocycles. The molecule has 0 saturated carbocycles. The lowest BCUT2D eigenvalue weighted by Crippen LogP contribution is -2.19. The Balaban J connectivity index is 1.91. The van der Waals surface area contributed by atoms with E-state index < -0.39 is 0 Å². The lowest BCUT2D eigenvalue weighted by molar-refractivity contribution is 0.330. The molecule has 1 fully saturated rings. The van der Waals surface area contributed by atoms with Gasteiger partial charge in [0.15, 0.2) is 0 Å². The number of benzene rings is 1. The van der Waals surface area contributed by atoms with Gasteiger partial charge in [-0.2, -0.15) is 5.10 Å². The zero-order valence-electron chi connectivity index (χ0n) is 11.8. The zero-order chi connectivity index (χ0) is 13.2. The van der Waals surface area contributed by atoms with E-state index >= 15 is 0 Å². The monoisotopic (exact) mass is 255 g/mol. The Hall–Kier alpha value is -1.61. The average Bonchev–Trinajstić information content (AvgIpc) is 3.03. The summed E-state index contributed by atoms with van der Waals surface area (Å²) in [5.74, 6) is 0. The normalized spacial score (nSPS) is 16.1. The fraction of sp³-hybridized carbons (Fsp3) is 0.438. The molecule has 0 bridgehead atoms. The van der Waals surface area contributed by atoms with Crippen molar-refractivity contribution < 1.29 is 0 Å². The van der Waals surface area contributed by atoms with Crippen molar-refractivity contribution in [3.8, 4) is 5.69 Å². The highest BCUT2D eigenvalue weighted by atomic mass is 15.3. The third kappa shape index (κ3) is 2.43. The van der Waals surface area contributed by atoms with Crippen molar-refractivity contribution in [2.75, 3.05) is 13.1 Å². The van der Waals surface area contributed by atoms with Gasteiger partial charge in [-0.15, -0.1) is 0 Å². The molecule has 3 rings (SSSR count). The van der Waals surface area contributed by atoms with Gasteiger partial charge in [0.05, 0.1) is 11.4 Å². The van der Waals surface area contributed by atoms with Crippen LogP contribution in [0, 0.1) is 13.8 Å². The van der Waals surface area contributed by atoms with Crippen LogP contribution in [0.3, 0.4) is 0 Å². The van der Waals surface area contributed by atoms with Crippen LogP contribution in [-0.4, -0.2) is 27.8 Å². The zero-order valence-corrected chi connectivity index (χ0v) is 11.8. The van der Waals surface area contributed by atoms with Crippen LogP contribution in [0.15, 0.2) is 30.3 Å². The highest BCUT2D eigenvalue weighted by Gasteiger charge is 2.18. The van der Waals surface area contributed by atoms with Gasteiger partial charge in [0, 0.05) is 17.8 Å². The second kappa shape index (κ2) is 5.17. The van der Waals surface area contributed by atoms with Crippen LogP contribution in [-0.2, 0) is 6.54 Å². The highest BCUT2D eigenvalue weighted by Crippen LogP contribution is 2.21. The SMILES string of the molecule is Cc1nn(-c2ccccc2)c(C)c1CN1CCCC1. The average molecular weight is 255 g/mol. The summed E-state index contributed by atoms with van der Waals surface area (Å²) in [6.07, 6.45) is 2.68. The van der Waals surface area contributed by atoms with Crippen molar-refractivity contribution in [1.82, 2.24) is 14.7 Å². The molecule has 0 unspecified atom stereocenters. The van der Waals surface area contributed by atoms with Gasteiger partial charge in [0.25, 0.3) is 0 Å². The van der Waals surface area contributed by atoms with Gasteiger partial charge >= 0.3 is 0 Å². The van der Waals surface area contributed by atoms with Crippen molar-refractivity contribution in [2.24, 2.45) is 0 Å². The van der Waals surface area contributed by atoms with Crippen molar-refractivity contribution in [3.05, 3.63) is 47.3 Å². The summed E-state index contributed by atoms with van der Waals surface area (Å²) in [6, 6.07) is 10.4. The minimum Gasteiger partial charge on any atom is -0.299 e. The Morgan fingerprint density at radius 3 is 2.42 bits per heavy atom. The fourth-order valence-corrected chi connectivity index (χ4v) is 2.89. The summed E-state index contributed by atoms with van der Waals surface area (Å²) in [5, 5.41) is 4.71. The Morgan fingerprint density at radius 1 is 1.05 bits per heavy atom. The molecule has 1 saturated heterocycles. The lowest BCUT2D eigenvalue weighted by Gasteiger charge is -2.14. The molecular weight excluding hydrogens is 234 g/mol. The van der Waals surface area contributed by atoms with Crippen LogP contribution in [0.2, 0.25) is 0 Å². The van der Waals surface area contributed by atoms with Crippen molar-refractivity contribution >= 4 is 0 Å². The number of aryl methyl sites for hydroxylation is 1. The van der Waals surface area contributed by atoms with Crippen LogP contribution in [0.1, 0.15) is 29.8 Å². The number of hydrogen-bond acceptors (Lipinski definition) is 2. The summed E-state index contributed by atoms with van der Waals surface area (Å²) < 4.78 is 2.07. The predicted octanol–water partition coefficient (Wildman–Crippen LogP) is 3.08. The minimum atomic E-state index is 1.05. The van der Waals surface area contributed by atoms with Gasteiger partial charge in [0.1, 0.15) is 0 Å². The minimum absolute atomic E-state index is 1.05. The first kappa shape index (κ1) is 12.4. The van der Waals surface area contributed by atoms with E-state index in [1.165, 1.54) is 37.2 Å². The predicted molar refractivity (Wildman–Crippen MR) is 77.5 cm³/mol. The van der Waals surface area contributed by atoms with E-state index in [1.54, 1.807) is 0 Å². The largest absolute Gasteiger partial charge is 0.299 e. The van der Waals surface area contributed by atoms with Gasteiger partial charge in [-0.25, -0.2) is 4.68 Å². The van der Waals surface area contributed by atoms with Crippen LogP contribution in [0.5, 0.6) is 0 Å². The maximum Gasteiger partial charge on any atom is 0.0648 e. The second-order valence-corrected chi connectivity index (χ2v) is 5.38. The van der Waals surface area contributed by atoms with E-state index in [1.807, 2.05) is 6.07 Å². The fourth-order valence-electron chi connectivity index (χ4n) is 2.89. The number of likely N-dealkylation sites (tertiary alicyclic amines) is 1. The van der Waals surface area contributed by atoms with Crippen LogP contribution >= 0.6 is 0 Å². The standard InChI is InChI=1S/C16H21N3/c1-13-16(12-18-10-6-7-11-18)14(2)19(17-13)15-8-4-3-5-9-15/h3-5,8-9H,6-7,10-12H2,1-2H3. The summed E-state index contributed by atoms with van der Waals surface area (Å²) in [7, 11) is 0. The number of hydrogen-bond donors (Lipinski definition) is 0. The Morgan fingerprint density at radius 2 is 1.74 bits per heavy atom. The molecule has 2 heterocycles. The quantitative estimate of drug-likeness (QED) is 0.840. The van der Waals surface area contributed by atoms with Gasteiger partial charge in [-0.1, -0.05) is 18.2 Å². The summed E-state index contributed by atoms with van der Waals surface area (Å²) >= 11 is 0. The highest BCUT2D eigenvalue weighted by molar-refractivity contribution is 5.36. The van der Waals surface area contributed by atoms with Gasteiger partial charge in [-0.3, -0.25) is 4.90 Å². The van der Waals surface area contributed by atoms with Crippen LogP contribution in [0.4, 0.5) is 0 Å². The number of para-hydroxylation sites is 1. The van der Waals surface area contributed by atoms with Gasteiger partial charge < -0.3 is 0 Å². The molecule has 1 aromatic carbocycles. The molecule has 1 aliphatic rings. The molecule has 1 aliphatic heterocycles. The van der Waals surface area contributed by atoms with E-state index in [0.29, 0.717) is 0 Å². The van der Waals surface area contributed by atoms with E-state index in [-0.39, 0.29) is 0 Å². The molecule has 3 heteroatoms. The Labute approximate surface area is 114 Å². The summed E-state index contributed by atoms with van der Waals surface area (Å²) in [5.41, 5.74) is 4.98. The molecule has 0 N–H and O–H groups in total. The molecule has 3 nitrogen and oxygen atoms in total. The number of nitrogens with zero attached hydrogens (tertiary/aromatic N) is 3. The first-order chi connectivity index (χ1) is 9.25. The first-order valence-corrected chi connectivity index (χ1v) is 7.08. The van der Waals surface area contributed by atoms with E-state index in [0.717, 1.165) is 17.9 Å². The smallest absolute Gasteiger partial charge is 0.0648 e. The van der Waals surface area contributed by atoms with Gasteiger partial charge in [0.2, 0.25) is 0 Å². The van der Waals surface area contributed by atoms with Crippen LogP contribution < -0.4 is 0 Å². The topological polar surface area (TPSA) is 21.1 Å². The maximum atomic E-state index is 4.71. The Kier molecular flexibility index (Phi) is 3.38. The van der Waals surface area contributed by atoms with E-state index in [9.17, 15) is 0 Å². The van der Waals surface area contributed by atoms with Crippen molar-refractivity contribution in [1.29, 1.82) is 0 Å². The maximum absolute atomic E-state index is 4.71. The third-order valence-corrected chi connectivity index (χ3v) is 4.02. The van der Waals surface area contributed by atoms with Gasteiger partial charge in [-0.05, 0) is 51.9 Å². The number of aromatic nitrogens is 2. The van der Waals surface area contributed by atoms with E-state index in [2.05, 4.69) is 47.7 Å². The van der Waals surface area contributed by atoms with E-state index in [4.69, 9.17) is 5.10 Å². The second-order valence-electron chi connectivity index (χ2n) is 5.38. The molecule has 0 atom stereocenters. The molecule has 0 spiro atoms. The molecule has 0 amide bonds. The molecule has 100 valence electrons. The van der Waals surface area contributed by atoms with Crippen molar-refractivity contribution in [2.45, 2.75) is 33.2 Å². The molecular formula is C16H21N3. The molecule has 2 aromatic rings. The first-order valence-electron chi connectivity index (χ1n) is 7.08. The summed E-state index contributed by atoms with van der Waals surface area (Å²) in [6.45, 7) is 7.81. The number of rotatable bonds is 3. The lowest BCUT2D eigenvalue weighted by atomic mass is 10.2. The van der Waals surface area contributed by atoms with Crippen molar-refractivity contribution in [3.63, 3.8) is 0 Å².